The molecule has 194 valence electrons. The highest BCUT2D eigenvalue weighted by atomic mass is 16.5. The Morgan fingerprint density at radius 3 is 1.95 bits per heavy atom. The van der Waals surface area contributed by atoms with Crippen LogP contribution in [0.5, 0.6) is 0 Å². The lowest BCUT2D eigenvalue weighted by molar-refractivity contribution is -0.146. The summed E-state index contributed by atoms with van der Waals surface area (Å²) in [6, 6.07) is 23.0. The fourth-order valence-electron chi connectivity index (χ4n) is 3.94. The number of hydrogen-bond acceptors (Lipinski definition) is 5. The van der Waals surface area contributed by atoms with E-state index in [-0.39, 0.29) is 11.8 Å². The summed E-state index contributed by atoms with van der Waals surface area (Å²) < 4.78 is 4.91. The van der Waals surface area contributed by atoms with Crippen molar-refractivity contribution in [2.45, 2.75) is 50.8 Å². The Bertz CT molecular complexity index is 1190. The number of carbonyl (C=O) groups is 3. The van der Waals surface area contributed by atoms with E-state index in [1.165, 1.54) is 7.11 Å². The van der Waals surface area contributed by atoms with E-state index in [2.05, 4.69) is 31.4 Å². The molecule has 3 aromatic rings. The minimum atomic E-state index is -1.66. The first-order valence-corrected chi connectivity index (χ1v) is 12.2. The van der Waals surface area contributed by atoms with Crippen molar-refractivity contribution in [2.75, 3.05) is 7.11 Å². The minimum Gasteiger partial charge on any atom is -0.467 e. The lowest BCUT2D eigenvalue weighted by Crippen LogP contribution is -2.51. The molecule has 0 saturated carbocycles. The molecule has 3 rings (SSSR count). The zero-order chi connectivity index (χ0) is 27.0. The second-order valence-electron chi connectivity index (χ2n) is 9.91. The number of ether oxygens (including phenoxy) is 1. The maximum Gasteiger partial charge on any atom is 0.328 e. The average molecular weight is 503 g/mol. The van der Waals surface area contributed by atoms with Crippen molar-refractivity contribution in [3.63, 3.8) is 0 Å². The van der Waals surface area contributed by atoms with Gasteiger partial charge in [0.1, 0.15) is 6.04 Å². The number of amides is 2. The van der Waals surface area contributed by atoms with Gasteiger partial charge in [0.25, 0.3) is 11.8 Å². The highest BCUT2D eigenvalue weighted by Gasteiger charge is 2.32. The van der Waals surface area contributed by atoms with Crippen molar-refractivity contribution in [1.29, 1.82) is 0 Å². The fraction of sp³-hybridized carbons (Fsp3) is 0.300. The Balaban J connectivity index is 1.79. The predicted octanol–water partition coefficient (Wildman–Crippen LogP) is 3.72. The van der Waals surface area contributed by atoms with Crippen molar-refractivity contribution in [1.82, 2.24) is 10.6 Å². The number of aliphatic hydroxyl groups is 1. The van der Waals surface area contributed by atoms with Gasteiger partial charge in [-0.25, -0.2) is 4.79 Å². The number of hydrogen-bond donors (Lipinski definition) is 3. The smallest absolute Gasteiger partial charge is 0.328 e. The lowest BCUT2D eigenvalue weighted by Gasteiger charge is -2.26. The summed E-state index contributed by atoms with van der Waals surface area (Å²) in [5.74, 6) is -1.88. The van der Waals surface area contributed by atoms with Crippen molar-refractivity contribution in [3.05, 3.63) is 107 Å². The van der Waals surface area contributed by atoms with Crippen LogP contribution in [0.4, 0.5) is 0 Å². The quantitative estimate of drug-likeness (QED) is 0.387. The number of nitrogens with one attached hydrogen (secondary N) is 2. The highest BCUT2D eigenvalue weighted by Crippen LogP contribution is 2.23. The zero-order valence-corrected chi connectivity index (χ0v) is 21.6. The molecule has 37 heavy (non-hydrogen) atoms. The Labute approximate surface area is 217 Å². The van der Waals surface area contributed by atoms with E-state index < -0.39 is 36.0 Å². The molecule has 0 fully saturated rings. The summed E-state index contributed by atoms with van der Waals surface area (Å²) in [6.07, 6.45) is -1.48. The van der Waals surface area contributed by atoms with Crippen LogP contribution in [-0.4, -0.2) is 42.1 Å². The van der Waals surface area contributed by atoms with Gasteiger partial charge in [0, 0.05) is 12.0 Å². The van der Waals surface area contributed by atoms with E-state index in [0.29, 0.717) is 11.1 Å². The topological polar surface area (TPSA) is 105 Å². The third-order valence-corrected chi connectivity index (χ3v) is 6.13. The van der Waals surface area contributed by atoms with Gasteiger partial charge in [0.05, 0.1) is 13.2 Å². The summed E-state index contributed by atoms with van der Waals surface area (Å²) in [4.78, 5) is 38.5. The van der Waals surface area contributed by atoms with Gasteiger partial charge in [-0.05, 0) is 34.2 Å². The summed E-state index contributed by atoms with van der Waals surface area (Å²) in [7, 11) is 1.24. The second-order valence-corrected chi connectivity index (χ2v) is 9.91. The van der Waals surface area contributed by atoms with E-state index in [9.17, 15) is 19.5 Å². The number of benzene rings is 3. The molecule has 0 unspecified atom stereocenters. The van der Waals surface area contributed by atoms with Crippen LogP contribution >= 0.6 is 0 Å². The van der Waals surface area contributed by atoms with E-state index >= 15 is 0 Å². The standard InChI is InChI=1S/C30H34N2O5/c1-30(2,3)23-17-15-20(16-18-23)19-24(29(36)37-4)31-28(35)26(33)25(21-11-7-5-8-12-21)32-27(34)22-13-9-6-10-14-22/h5-18,24-26,33H,19H2,1-4H3,(H,31,35)(H,32,34)/t24-,25-,26+/m0/s1. The molecule has 2 amide bonds. The van der Waals surface area contributed by atoms with Gasteiger partial charge in [-0.15, -0.1) is 0 Å². The highest BCUT2D eigenvalue weighted by molar-refractivity contribution is 5.95. The molecule has 0 aliphatic heterocycles. The first-order chi connectivity index (χ1) is 17.6. The van der Waals surface area contributed by atoms with Crippen molar-refractivity contribution < 1.29 is 24.2 Å². The molecule has 3 atom stereocenters. The second kappa shape index (κ2) is 12.3. The van der Waals surface area contributed by atoms with Gasteiger partial charge in [-0.3, -0.25) is 9.59 Å². The molecule has 0 spiro atoms. The van der Waals surface area contributed by atoms with Crippen LogP contribution in [0.25, 0.3) is 0 Å². The normalized spacial score (nSPS) is 13.6. The maximum absolute atomic E-state index is 13.2. The Hall–Kier alpha value is -3.97. The van der Waals surface area contributed by atoms with Gasteiger partial charge < -0.3 is 20.5 Å². The van der Waals surface area contributed by atoms with Crippen LogP contribution in [-0.2, 0) is 26.2 Å². The summed E-state index contributed by atoms with van der Waals surface area (Å²) in [6.45, 7) is 6.34. The SMILES string of the molecule is COC(=O)[C@H](Cc1ccc(C(C)(C)C)cc1)NC(=O)[C@H](O)[C@@H](NC(=O)c1ccccc1)c1ccccc1. The van der Waals surface area contributed by atoms with Crippen LogP contribution < -0.4 is 10.6 Å². The lowest BCUT2D eigenvalue weighted by atomic mass is 9.86. The van der Waals surface area contributed by atoms with Crippen molar-refractivity contribution in [3.8, 4) is 0 Å². The van der Waals surface area contributed by atoms with Gasteiger partial charge in [0.2, 0.25) is 0 Å². The molecule has 0 bridgehead atoms. The molecule has 7 heteroatoms. The van der Waals surface area contributed by atoms with E-state index in [0.717, 1.165) is 11.1 Å². The van der Waals surface area contributed by atoms with Crippen LogP contribution in [0.15, 0.2) is 84.9 Å². The molecule has 7 nitrogen and oxygen atoms in total. The van der Waals surface area contributed by atoms with Crippen LogP contribution in [0, 0.1) is 0 Å². The van der Waals surface area contributed by atoms with Gasteiger partial charge in [-0.1, -0.05) is 93.6 Å². The Morgan fingerprint density at radius 2 is 1.41 bits per heavy atom. The molecule has 0 aliphatic rings. The van der Waals surface area contributed by atoms with E-state index in [4.69, 9.17) is 4.74 Å². The number of carbonyl (C=O) groups excluding carboxylic acids is 3. The van der Waals surface area contributed by atoms with Crippen molar-refractivity contribution >= 4 is 17.8 Å². The van der Waals surface area contributed by atoms with Crippen LogP contribution in [0.3, 0.4) is 0 Å². The minimum absolute atomic E-state index is 0.0186. The largest absolute Gasteiger partial charge is 0.467 e. The molecule has 0 aromatic heterocycles. The molecule has 0 saturated heterocycles. The molecule has 0 heterocycles. The third kappa shape index (κ3) is 7.51. The molecular weight excluding hydrogens is 468 g/mol. The number of aliphatic hydroxyl groups excluding tert-OH is 1. The summed E-state index contributed by atoms with van der Waals surface area (Å²) in [5, 5.41) is 16.4. The first kappa shape index (κ1) is 27.6. The summed E-state index contributed by atoms with van der Waals surface area (Å²) >= 11 is 0. The number of esters is 1. The maximum atomic E-state index is 13.2. The monoisotopic (exact) mass is 502 g/mol. The van der Waals surface area contributed by atoms with Crippen LogP contribution in [0.1, 0.15) is 53.9 Å². The van der Waals surface area contributed by atoms with E-state index in [1.54, 1.807) is 60.7 Å². The van der Waals surface area contributed by atoms with Gasteiger partial charge >= 0.3 is 5.97 Å². The molecule has 3 N–H and O–H groups in total. The van der Waals surface area contributed by atoms with Gasteiger partial charge in [0.15, 0.2) is 6.10 Å². The Morgan fingerprint density at radius 1 is 0.838 bits per heavy atom. The van der Waals surface area contributed by atoms with Crippen LogP contribution in [0.2, 0.25) is 0 Å². The average Bonchev–Trinajstić information content (AvgIpc) is 2.91. The summed E-state index contributed by atoms with van der Waals surface area (Å²) in [5.41, 5.74) is 2.89. The fourth-order valence-corrected chi connectivity index (χ4v) is 3.94. The Kier molecular flexibility index (Phi) is 9.20. The zero-order valence-electron chi connectivity index (χ0n) is 21.6. The number of methoxy groups -OCH3 is 1. The molecular formula is C30H34N2O5. The molecule has 3 aromatic carbocycles. The van der Waals surface area contributed by atoms with E-state index in [1.807, 2.05) is 24.3 Å². The predicted molar refractivity (Wildman–Crippen MR) is 142 cm³/mol. The first-order valence-electron chi connectivity index (χ1n) is 12.2. The third-order valence-electron chi connectivity index (χ3n) is 6.13. The van der Waals surface area contributed by atoms with Crippen molar-refractivity contribution in [2.24, 2.45) is 0 Å². The molecule has 0 radical (unpaired) electrons. The molecule has 0 aliphatic carbocycles. The van der Waals surface area contributed by atoms with Gasteiger partial charge in [-0.2, -0.15) is 0 Å². The number of rotatable bonds is 9.